The fourth-order valence-electron chi connectivity index (χ4n) is 36.5. The van der Waals surface area contributed by atoms with Crippen LogP contribution < -0.4 is 0 Å². The third kappa shape index (κ3) is 22.3. The van der Waals surface area contributed by atoms with Gasteiger partial charge in [-0.1, -0.05) is 178 Å². The first-order chi connectivity index (χ1) is 60.1. The quantitative estimate of drug-likeness (QED) is 0.0472. The van der Waals surface area contributed by atoms with Crippen LogP contribution in [0.2, 0.25) is 0 Å². The van der Waals surface area contributed by atoms with Gasteiger partial charge < -0.3 is 37.9 Å². The van der Waals surface area contributed by atoms with Gasteiger partial charge in [-0.2, -0.15) is 0 Å². The predicted octanol–water partition coefficient (Wildman–Crippen LogP) is 30.1. The van der Waals surface area contributed by atoms with E-state index in [0.717, 1.165) is 222 Å². The van der Waals surface area contributed by atoms with Crippen molar-refractivity contribution in [2.75, 3.05) is 6.61 Å². The standard InChI is InChI=1S/2C23H36O4.C22H34O2.C21H32O4.C21H34O2.10CH4/c1-5-23(12-16-6-7-18(23)8-16)27-22(25)11-21(26-15(4)24)20-10-17-9-19(20)14(3)13(17)2;1-5-23(12-16-6-7-18(23)9-16)27-21(24)8-13(2)26-22(25)20-11-17-10-19(20)15(4)14(17)3;1-4-22(7-5-6-8-22)24-21(23)18-10-14-9-17(18)20-16-11-15(19(14)20)12(2)13(16)3;1-4-21(10-14-5-6-16(21)7-14)25-19(22)11-24-20(23)18-9-15-8-17(18)13(3)12(15)2;1-4-21(12-15-5-7-18(21)9-15)23-20(22)8-6-16-10-17-11-19(16)14(3)13(17)2;;;;;;;;;;/h13-14,16-21H,5-12H2,1-4H3;13-20H,5-12H2,1-4H3;12-20H,4-11H2,1-3H3;12-18H,4-11H2,1-3H3;13-19H,4-12H2,1-3H3;10*1H4. The van der Waals surface area contributed by atoms with E-state index in [1.54, 1.807) is 0 Å². The molecular weight excluding hydrogens is 1700 g/mol. The Bertz CT molecular complexity index is 3890. The fourth-order valence-corrected chi connectivity index (χ4v) is 36.5. The lowest BCUT2D eigenvalue weighted by atomic mass is 9.62. The van der Waals surface area contributed by atoms with Crippen molar-refractivity contribution >= 4 is 47.8 Å². The molecule has 136 heavy (non-hydrogen) atoms. The van der Waals surface area contributed by atoms with Crippen molar-refractivity contribution in [3.63, 3.8) is 0 Å². The molecule has 21 aliphatic rings. The van der Waals surface area contributed by atoms with Crippen LogP contribution in [0.5, 0.6) is 0 Å². The van der Waals surface area contributed by atoms with Crippen LogP contribution in [0.25, 0.3) is 0 Å². The Kier molecular flexibility index (Phi) is 41.3. The molecule has 43 atom stereocenters. The van der Waals surface area contributed by atoms with Crippen molar-refractivity contribution in [1.29, 1.82) is 0 Å². The van der Waals surface area contributed by atoms with Gasteiger partial charge in [-0.05, 0) is 446 Å². The van der Waals surface area contributed by atoms with Gasteiger partial charge in [0.1, 0.15) is 40.2 Å². The lowest BCUT2D eigenvalue weighted by Gasteiger charge is -2.43. The van der Waals surface area contributed by atoms with Crippen LogP contribution in [0.15, 0.2) is 0 Å². The van der Waals surface area contributed by atoms with E-state index < -0.39 is 6.10 Å². The Morgan fingerprint density at radius 2 is 0.691 bits per heavy atom. The van der Waals surface area contributed by atoms with Gasteiger partial charge in [0.15, 0.2) is 6.61 Å². The molecule has 0 aliphatic heterocycles. The third-order valence-electron chi connectivity index (χ3n) is 44.3. The Morgan fingerprint density at radius 1 is 0.324 bits per heavy atom. The minimum atomic E-state index is -0.399. The van der Waals surface area contributed by atoms with Gasteiger partial charge in [-0.25, -0.2) is 4.79 Å². The number of carbonyl (C=O) groups excluding carboxylic acids is 8. The van der Waals surface area contributed by atoms with Gasteiger partial charge in [0.25, 0.3) is 0 Å². The summed E-state index contributed by atoms with van der Waals surface area (Å²) in [6, 6.07) is 0. The van der Waals surface area contributed by atoms with Crippen LogP contribution in [0.4, 0.5) is 0 Å². The van der Waals surface area contributed by atoms with Crippen LogP contribution in [-0.4, -0.2) is 94.6 Å². The summed E-state index contributed by atoms with van der Waals surface area (Å²) < 4.78 is 47.2. The molecule has 21 saturated carbocycles. The molecule has 21 rings (SSSR count). The van der Waals surface area contributed by atoms with Gasteiger partial charge in [0, 0.05) is 13.3 Å². The molecule has 16 nitrogen and oxygen atoms in total. The summed E-state index contributed by atoms with van der Waals surface area (Å²) in [6.07, 6.45) is 43.3. The number of fused-ring (bicyclic) bond motifs is 25. The fraction of sp³-hybridized carbons (Fsp3) is 0.933. The molecule has 788 valence electrons. The zero-order valence-electron chi connectivity index (χ0n) is 81.5. The predicted molar refractivity (Wildman–Crippen MR) is 552 cm³/mol. The summed E-state index contributed by atoms with van der Waals surface area (Å²) in [7, 11) is 0. The maximum Gasteiger partial charge on any atom is 0.344 e. The number of esters is 8. The highest BCUT2D eigenvalue weighted by Gasteiger charge is 2.68. The number of hydrogen-bond donors (Lipinski definition) is 0. The highest BCUT2D eigenvalue weighted by molar-refractivity contribution is 5.79. The van der Waals surface area contributed by atoms with Crippen LogP contribution >= 0.6 is 0 Å². The van der Waals surface area contributed by atoms with Gasteiger partial charge >= 0.3 is 47.8 Å². The first-order valence-corrected chi connectivity index (χ1v) is 53.8. The SMILES string of the molecule is C.C.C.C.C.C.C.C.C.C.CCC1(OC(=O)C2CC3CC2C2C4CC(C(C)C4C)C32)CCCC1.CCC1(OC(=O)CC(C)OC(=O)C2CC3CC2C(C)C3C)CC2CCC1C2.CCC1(OC(=O)CC(OC(C)=O)C2CC3CC2C(C)C3C)CC2CCC1C2.CCC1(OC(=O)CCC2CC3CC2C(C)C3C)CC2CCC1C2.CCC1(OC(=O)COC(=O)C2CC3CC2C(C)C3C)CC2CCC1C2. The lowest BCUT2D eigenvalue weighted by Crippen LogP contribution is -2.42. The maximum absolute atomic E-state index is 13.1. The zero-order chi connectivity index (χ0) is 89.3. The highest BCUT2D eigenvalue weighted by Crippen LogP contribution is 2.72. The lowest BCUT2D eigenvalue weighted by molar-refractivity contribution is -0.177. The Hall–Kier alpha value is -4.24. The van der Waals surface area contributed by atoms with Crippen molar-refractivity contribution in [1.82, 2.24) is 0 Å². The summed E-state index contributed by atoms with van der Waals surface area (Å²) in [5.74, 6) is 23.8. The topological polar surface area (TPSA) is 210 Å². The van der Waals surface area contributed by atoms with Crippen molar-refractivity contribution in [3.8, 4) is 0 Å². The summed E-state index contributed by atoms with van der Waals surface area (Å²) in [5.41, 5.74) is -0.981. The molecule has 16 heteroatoms. The first-order valence-electron chi connectivity index (χ1n) is 53.8. The minimum absolute atomic E-state index is 0. The summed E-state index contributed by atoms with van der Waals surface area (Å²) in [4.78, 5) is 100. The average molecular weight is 1910 g/mol. The van der Waals surface area contributed by atoms with Gasteiger partial charge in [-0.3, -0.25) is 33.6 Å². The monoisotopic (exact) mass is 1910 g/mol. The first kappa shape index (κ1) is 119. The smallest absolute Gasteiger partial charge is 0.344 e. The molecule has 0 heterocycles. The second kappa shape index (κ2) is 47.3. The van der Waals surface area contributed by atoms with E-state index in [4.69, 9.17) is 37.9 Å². The molecular formula is C120H212O16. The van der Waals surface area contributed by atoms with E-state index >= 15 is 0 Å². The van der Waals surface area contributed by atoms with E-state index in [1.165, 1.54) is 135 Å². The molecule has 0 aromatic carbocycles. The molecule has 0 radical (unpaired) electrons. The highest BCUT2D eigenvalue weighted by atomic mass is 16.6. The third-order valence-corrected chi connectivity index (χ3v) is 44.3. The number of ether oxygens (including phenoxy) is 8. The Balaban J connectivity index is 0.000000228. The second-order valence-electron chi connectivity index (χ2n) is 49.0. The average Bonchev–Trinajstić information content (AvgIpc) is 1.53. The molecule has 0 spiro atoms. The van der Waals surface area contributed by atoms with Crippen LogP contribution in [0.3, 0.4) is 0 Å². The summed E-state index contributed by atoms with van der Waals surface area (Å²) >= 11 is 0. The van der Waals surface area contributed by atoms with Crippen molar-refractivity contribution in [3.05, 3.63) is 0 Å². The van der Waals surface area contributed by atoms with Crippen molar-refractivity contribution < 1.29 is 76.3 Å². The number of rotatable bonds is 25. The molecule has 0 N–H and O–H groups in total. The molecule has 0 aromatic heterocycles. The molecule has 20 bridgehead atoms. The van der Waals surface area contributed by atoms with Crippen molar-refractivity contribution in [2.45, 2.75) is 489 Å². The van der Waals surface area contributed by atoms with Gasteiger partial charge in [0.05, 0.1) is 30.6 Å². The molecule has 43 unspecified atom stereocenters. The van der Waals surface area contributed by atoms with Crippen molar-refractivity contribution in [2.24, 2.45) is 219 Å². The number of carbonyl (C=O) groups is 8. The van der Waals surface area contributed by atoms with Crippen LogP contribution in [-0.2, 0) is 76.3 Å². The largest absolute Gasteiger partial charge is 0.462 e. The zero-order valence-corrected chi connectivity index (χ0v) is 81.5. The van der Waals surface area contributed by atoms with Gasteiger partial charge in [-0.15, -0.1) is 0 Å². The van der Waals surface area contributed by atoms with E-state index in [2.05, 4.69) is 104 Å². The normalized spacial score (nSPS) is 44.9. The minimum Gasteiger partial charge on any atom is -0.462 e. The molecule has 0 amide bonds. The molecule has 0 saturated heterocycles. The van der Waals surface area contributed by atoms with Crippen LogP contribution in [0.1, 0.15) is 449 Å². The van der Waals surface area contributed by atoms with Crippen LogP contribution in [0, 0.1) is 219 Å². The van der Waals surface area contributed by atoms with E-state index in [-0.39, 0.29) is 193 Å². The van der Waals surface area contributed by atoms with E-state index in [1.807, 2.05) is 6.92 Å². The number of hydrogen-bond acceptors (Lipinski definition) is 16. The van der Waals surface area contributed by atoms with E-state index in [0.29, 0.717) is 95.2 Å². The summed E-state index contributed by atoms with van der Waals surface area (Å²) in [5, 5.41) is 0. The molecule has 21 aliphatic carbocycles. The Morgan fingerprint density at radius 3 is 1.08 bits per heavy atom. The molecule has 0 aromatic rings. The Labute approximate surface area is 833 Å². The second-order valence-corrected chi connectivity index (χ2v) is 49.0. The summed E-state index contributed by atoms with van der Waals surface area (Å²) in [6.45, 7) is 37.5. The molecule has 21 fully saturated rings. The van der Waals surface area contributed by atoms with Gasteiger partial charge in [0.2, 0.25) is 0 Å². The van der Waals surface area contributed by atoms with E-state index in [9.17, 15) is 38.4 Å². The maximum atomic E-state index is 13.1.